The van der Waals surface area contributed by atoms with Gasteiger partial charge in [-0.15, -0.1) is 0 Å². The van der Waals surface area contributed by atoms with Gasteiger partial charge in [-0.3, -0.25) is 0 Å². The summed E-state index contributed by atoms with van der Waals surface area (Å²) in [5, 5.41) is 25.9. The Labute approximate surface area is 219 Å². The van der Waals surface area contributed by atoms with Crippen molar-refractivity contribution in [3.05, 3.63) is 42.6 Å². The smallest absolute Gasteiger partial charge is 0.235 e. The molecule has 0 radical (unpaired) electrons. The monoisotopic (exact) mass is 523 g/mol. The van der Waals surface area contributed by atoms with E-state index in [9.17, 15) is 14.6 Å². The van der Waals surface area contributed by atoms with Crippen molar-refractivity contribution in [2.75, 3.05) is 12.3 Å². The fraction of sp³-hybridized carbons (Fsp3) is 0.519. The quantitative estimate of drug-likeness (QED) is 0.225. The topological polar surface area (TPSA) is 147 Å². The van der Waals surface area contributed by atoms with Gasteiger partial charge in [-0.2, -0.15) is 0 Å². The zero-order valence-electron chi connectivity index (χ0n) is 21.3. The van der Waals surface area contributed by atoms with Crippen molar-refractivity contribution in [3.8, 4) is 5.75 Å². The number of nitrogen functional groups attached to an aromatic ring is 1. The van der Waals surface area contributed by atoms with Gasteiger partial charge >= 0.3 is 0 Å². The van der Waals surface area contributed by atoms with Crippen LogP contribution in [0.25, 0.3) is 22.1 Å². The maximum absolute atomic E-state index is 13.1. The molecule has 38 heavy (non-hydrogen) atoms. The molecule has 2 fully saturated rings. The van der Waals surface area contributed by atoms with Gasteiger partial charge < -0.3 is 35.6 Å². The van der Waals surface area contributed by atoms with Crippen molar-refractivity contribution in [3.63, 3.8) is 0 Å². The van der Waals surface area contributed by atoms with Crippen LogP contribution in [-0.4, -0.2) is 65.9 Å². The number of fused-ring (bicyclic) bond motifs is 2. The number of nitrogens with zero attached hydrogens (tertiary/aromatic N) is 4. The van der Waals surface area contributed by atoms with Crippen molar-refractivity contribution < 1.29 is 19.3 Å². The van der Waals surface area contributed by atoms with E-state index in [1.165, 1.54) is 13.3 Å². The number of aliphatic hydroxyl groups is 2. The van der Waals surface area contributed by atoms with E-state index < -0.39 is 18.6 Å². The number of hydrogen-bond acceptors (Lipinski definition) is 8. The number of alkyl halides is 1. The Kier molecular flexibility index (Phi) is 6.67. The number of halogens is 1. The molecule has 10 nitrogen and oxygen atoms in total. The number of aryl methyl sites for hydroxylation is 1. The lowest BCUT2D eigenvalue weighted by atomic mass is 9.77. The van der Waals surface area contributed by atoms with Crippen molar-refractivity contribution in [2.24, 2.45) is 11.8 Å². The lowest BCUT2D eigenvalue weighted by Crippen LogP contribution is -2.44. The number of aliphatic hydroxyl groups excluding tert-OH is 2. The number of benzene rings is 1. The highest BCUT2D eigenvalue weighted by molar-refractivity contribution is 5.86. The molecule has 0 saturated heterocycles. The third-order valence-corrected chi connectivity index (χ3v) is 8.16. The number of aromatic nitrogens is 5. The average molecular weight is 524 g/mol. The van der Waals surface area contributed by atoms with E-state index in [1.54, 1.807) is 12.1 Å². The highest BCUT2D eigenvalue weighted by atomic mass is 19.1. The number of H-pyrrole nitrogens is 1. The molecule has 1 unspecified atom stereocenters. The minimum atomic E-state index is -1.35. The molecule has 3 aromatic heterocycles. The summed E-state index contributed by atoms with van der Waals surface area (Å²) in [7, 11) is 0. The molecule has 0 amide bonds. The summed E-state index contributed by atoms with van der Waals surface area (Å²) in [6, 6.07) is 7.38. The molecule has 1 aromatic carbocycles. The number of ether oxygens (including phenoxy) is 1. The van der Waals surface area contributed by atoms with Crippen molar-refractivity contribution in [2.45, 2.75) is 69.7 Å². The lowest BCUT2D eigenvalue weighted by Gasteiger charge is -2.37. The summed E-state index contributed by atoms with van der Waals surface area (Å²) < 4.78 is 20.1. The molecule has 6 rings (SSSR count). The maximum Gasteiger partial charge on any atom is 0.235 e. The van der Waals surface area contributed by atoms with Gasteiger partial charge in [0.1, 0.15) is 35.5 Å². The Morgan fingerprint density at radius 3 is 2.87 bits per heavy atom. The molecule has 3 heterocycles. The fourth-order valence-corrected chi connectivity index (χ4v) is 6.05. The van der Waals surface area contributed by atoms with Gasteiger partial charge in [-0.25, -0.2) is 19.3 Å². The number of aromatic amines is 1. The van der Waals surface area contributed by atoms with Gasteiger partial charge in [0.25, 0.3) is 0 Å². The Hall–Kier alpha value is -3.28. The maximum atomic E-state index is 13.1. The minimum absolute atomic E-state index is 0.0458. The second-order valence-electron chi connectivity index (χ2n) is 10.8. The Bertz CT molecular complexity index is 1420. The highest BCUT2D eigenvalue weighted by Gasteiger charge is 2.43. The number of rotatable bonds is 9. The zero-order chi connectivity index (χ0) is 26.4. The molecule has 4 aromatic rings. The normalized spacial score (nSPS) is 28.1. The van der Waals surface area contributed by atoms with Crippen molar-refractivity contribution in [1.29, 1.82) is 0 Å². The first-order valence-corrected chi connectivity index (χ1v) is 13.3. The van der Waals surface area contributed by atoms with E-state index in [0.717, 1.165) is 47.9 Å². The van der Waals surface area contributed by atoms with Crippen LogP contribution in [0.2, 0.25) is 0 Å². The van der Waals surface area contributed by atoms with Gasteiger partial charge in [-0.05, 0) is 49.8 Å². The van der Waals surface area contributed by atoms with E-state index in [0.29, 0.717) is 42.1 Å². The van der Waals surface area contributed by atoms with E-state index in [2.05, 4.69) is 25.3 Å². The van der Waals surface area contributed by atoms with Gasteiger partial charge in [-0.1, -0.05) is 0 Å². The summed E-state index contributed by atoms with van der Waals surface area (Å²) in [6.07, 6.45) is 4.99. The Balaban J connectivity index is 0.974. The summed E-state index contributed by atoms with van der Waals surface area (Å²) in [4.78, 5) is 16.3. The van der Waals surface area contributed by atoms with E-state index >= 15 is 0 Å². The Morgan fingerprint density at radius 1 is 1.21 bits per heavy atom. The average Bonchev–Trinajstić information content (AvgIpc) is 3.54. The van der Waals surface area contributed by atoms with Gasteiger partial charge in [0.2, 0.25) is 6.36 Å². The summed E-state index contributed by atoms with van der Waals surface area (Å²) in [6.45, 7) is 2.02. The van der Waals surface area contributed by atoms with Crippen LogP contribution in [0, 0.1) is 11.8 Å². The van der Waals surface area contributed by atoms with E-state index in [-0.39, 0.29) is 12.0 Å². The fourth-order valence-electron chi connectivity index (χ4n) is 6.05. The van der Waals surface area contributed by atoms with Crippen LogP contribution in [0.5, 0.6) is 5.75 Å². The molecule has 5 atom stereocenters. The number of hydrogen-bond donors (Lipinski definition) is 5. The number of imidazole rings is 1. The van der Waals surface area contributed by atoms with Crippen molar-refractivity contribution >= 4 is 27.9 Å². The molecule has 2 aliphatic carbocycles. The van der Waals surface area contributed by atoms with Crippen molar-refractivity contribution in [1.82, 2.24) is 29.8 Å². The lowest BCUT2D eigenvalue weighted by molar-refractivity contribution is 0.00565. The molecule has 202 valence electrons. The first-order valence-electron chi connectivity index (χ1n) is 13.3. The molecule has 2 saturated carbocycles. The zero-order valence-corrected chi connectivity index (χ0v) is 21.3. The predicted molar refractivity (Wildman–Crippen MR) is 141 cm³/mol. The van der Waals surface area contributed by atoms with E-state index in [4.69, 9.17) is 10.5 Å². The van der Waals surface area contributed by atoms with Gasteiger partial charge in [0, 0.05) is 44.1 Å². The van der Waals surface area contributed by atoms with Gasteiger partial charge in [0.05, 0.1) is 28.6 Å². The third-order valence-electron chi connectivity index (χ3n) is 8.16. The third kappa shape index (κ3) is 4.81. The highest BCUT2D eigenvalue weighted by Crippen LogP contribution is 2.38. The number of nitrogens with two attached hydrogens (primary N) is 1. The summed E-state index contributed by atoms with van der Waals surface area (Å²) in [5.41, 5.74) is 8.34. The predicted octanol–water partition coefficient (Wildman–Crippen LogP) is 2.87. The largest absolute Gasteiger partial charge is 0.461 e. The van der Waals surface area contributed by atoms with Crippen LogP contribution in [0.3, 0.4) is 0 Å². The Morgan fingerprint density at radius 2 is 2.05 bits per heavy atom. The molecular formula is C27H34FN7O3. The molecule has 0 bridgehead atoms. The molecule has 2 aliphatic rings. The number of nitrogens with one attached hydrogen (secondary N) is 2. The SMILES string of the molecule is CC(F)Oc1ccc2nc(CCC3CC(NC[C@H]4C[C@@H](n5ccc6c(N)ncnc65)[C@H](O)[C@@H]4O)C3)[nH]c2c1. The first-order chi connectivity index (χ1) is 18.4. The van der Waals surface area contributed by atoms with Crippen LogP contribution < -0.4 is 15.8 Å². The van der Waals surface area contributed by atoms with Gasteiger partial charge in [0.15, 0.2) is 0 Å². The number of anilines is 1. The van der Waals surface area contributed by atoms with Crippen LogP contribution in [0.15, 0.2) is 36.8 Å². The van der Waals surface area contributed by atoms with Crippen LogP contribution >= 0.6 is 0 Å². The van der Waals surface area contributed by atoms with Crippen LogP contribution in [0.4, 0.5) is 10.2 Å². The second-order valence-corrected chi connectivity index (χ2v) is 10.8. The summed E-state index contributed by atoms with van der Waals surface area (Å²) >= 11 is 0. The molecule has 6 N–H and O–H groups in total. The standard InChI is InChI=1S/C27H34FN7O3/c1-14(28)38-18-3-4-20-21(11-18)34-23(33-20)5-2-15-8-17(9-15)30-12-16-10-22(25(37)24(16)36)35-7-6-19-26(29)31-13-32-27(19)35/h3-4,6-7,11,13-17,22,24-25,30,36-37H,2,5,8-10,12H2,1H3,(H,33,34)(H2,29,31,32)/t14?,15?,16-,17?,22-,24-,25+/m1/s1. The molecule has 0 spiro atoms. The van der Waals surface area contributed by atoms with E-state index in [1.807, 2.05) is 22.9 Å². The van der Waals surface area contributed by atoms with Crippen LogP contribution in [0.1, 0.15) is 44.5 Å². The molecule has 0 aliphatic heterocycles. The van der Waals surface area contributed by atoms with Crippen LogP contribution in [-0.2, 0) is 6.42 Å². The molecule has 11 heteroatoms. The first kappa shape index (κ1) is 25.0. The molecular weight excluding hydrogens is 489 g/mol. The summed E-state index contributed by atoms with van der Waals surface area (Å²) in [5.74, 6) is 2.40. The minimum Gasteiger partial charge on any atom is -0.461 e. The second kappa shape index (κ2) is 10.1.